The third kappa shape index (κ3) is 3.71. The Labute approximate surface area is 193 Å². The lowest BCUT2D eigenvalue weighted by Crippen LogP contribution is -2.35. The van der Waals surface area contributed by atoms with E-state index in [1.54, 1.807) is 12.3 Å². The first-order chi connectivity index (χ1) is 16.0. The van der Waals surface area contributed by atoms with Crippen LogP contribution in [-0.2, 0) is 15.6 Å². The van der Waals surface area contributed by atoms with Crippen molar-refractivity contribution in [1.82, 2.24) is 14.7 Å². The molecule has 0 spiro atoms. The van der Waals surface area contributed by atoms with Gasteiger partial charge in [0.05, 0.1) is 16.1 Å². The molecule has 0 amide bonds. The van der Waals surface area contributed by atoms with Crippen LogP contribution in [0.25, 0.3) is 22.2 Å². The molecule has 0 unspecified atom stereocenters. The zero-order valence-corrected chi connectivity index (χ0v) is 19.1. The van der Waals surface area contributed by atoms with Crippen LogP contribution in [-0.4, -0.2) is 31.5 Å². The molecule has 0 atom stereocenters. The topological polar surface area (TPSA) is 78.1 Å². The van der Waals surface area contributed by atoms with Crippen molar-refractivity contribution in [2.75, 3.05) is 18.0 Å². The first kappa shape index (κ1) is 20.4. The van der Waals surface area contributed by atoms with Gasteiger partial charge in [0.2, 0.25) is 10.0 Å². The number of para-hydroxylation sites is 1. The molecule has 6 nitrogen and oxygen atoms in total. The summed E-state index contributed by atoms with van der Waals surface area (Å²) in [6.45, 7) is 1.97. The zero-order valence-electron chi connectivity index (χ0n) is 18.3. The number of anilines is 1. The summed E-state index contributed by atoms with van der Waals surface area (Å²) in [5, 5.41) is 1.11. The van der Waals surface area contributed by atoms with Gasteiger partial charge in [-0.15, -0.1) is 0 Å². The summed E-state index contributed by atoms with van der Waals surface area (Å²) in [4.78, 5) is 10.5. The number of nitrogens with one attached hydrogen (secondary N) is 2. The van der Waals surface area contributed by atoms with Crippen LogP contribution in [0.3, 0.4) is 0 Å². The van der Waals surface area contributed by atoms with E-state index < -0.39 is 15.6 Å². The maximum atomic E-state index is 13.5. The van der Waals surface area contributed by atoms with Crippen molar-refractivity contribution in [2.24, 2.45) is 0 Å². The number of H-pyrrole nitrogens is 1. The average Bonchev–Trinajstić information content (AvgIpc) is 3.24. The average molecular weight is 459 g/mol. The van der Waals surface area contributed by atoms with Gasteiger partial charge >= 0.3 is 0 Å². The third-order valence-corrected chi connectivity index (χ3v) is 8.31. The van der Waals surface area contributed by atoms with Crippen LogP contribution < -0.4 is 9.62 Å². The Bertz CT molecular complexity index is 1390. The number of pyridine rings is 1. The minimum Gasteiger partial charge on any atom is -0.371 e. The standard InChI is InChI=1S/C26H26N4O2S/c31-33(32,29-26(12-13-26)25-9-3-4-14-27-25)20-10-11-24(30-15-5-6-16-30)21(18-20)23-17-19-7-1-2-8-22(19)28-23/h1-4,7-11,14,17-18,28-29H,5-6,12-13,15-16H2. The fourth-order valence-electron chi connectivity index (χ4n) is 4.85. The summed E-state index contributed by atoms with van der Waals surface area (Å²) >= 11 is 0. The Hall–Kier alpha value is -3.16. The maximum absolute atomic E-state index is 13.5. The van der Waals surface area contributed by atoms with E-state index >= 15 is 0 Å². The Morgan fingerprint density at radius 1 is 0.939 bits per heavy atom. The van der Waals surface area contributed by atoms with E-state index in [0.717, 1.165) is 72.3 Å². The van der Waals surface area contributed by atoms with Crippen LogP contribution in [0.5, 0.6) is 0 Å². The second-order valence-corrected chi connectivity index (χ2v) is 10.7. The Morgan fingerprint density at radius 2 is 1.73 bits per heavy atom. The highest BCUT2D eigenvalue weighted by Gasteiger charge is 2.48. The molecular weight excluding hydrogens is 432 g/mol. The number of nitrogens with zero attached hydrogens (tertiary/aromatic N) is 2. The molecule has 3 heterocycles. The van der Waals surface area contributed by atoms with E-state index in [1.807, 2.05) is 48.5 Å². The van der Waals surface area contributed by atoms with Crippen molar-refractivity contribution in [2.45, 2.75) is 36.1 Å². The van der Waals surface area contributed by atoms with Gasteiger partial charge in [0.15, 0.2) is 0 Å². The molecule has 168 valence electrons. The van der Waals surface area contributed by atoms with Crippen LogP contribution in [0.15, 0.2) is 77.8 Å². The second kappa shape index (κ2) is 7.71. The van der Waals surface area contributed by atoms with E-state index in [4.69, 9.17) is 0 Å². The molecule has 1 aliphatic carbocycles. The fourth-order valence-corrected chi connectivity index (χ4v) is 6.31. The summed E-state index contributed by atoms with van der Waals surface area (Å²) in [5.74, 6) is 0. The van der Waals surface area contributed by atoms with Gasteiger partial charge in [-0.05, 0) is 68.1 Å². The highest BCUT2D eigenvalue weighted by Crippen LogP contribution is 2.46. The van der Waals surface area contributed by atoms with Gasteiger partial charge < -0.3 is 9.88 Å². The molecule has 1 saturated carbocycles. The first-order valence-corrected chi connectivity index (χ1v) is 13.0. The summed E-state index contributed by atoms with van der Waals surface area (Å²) < 4.78 is 29.9. The van der Waals surface area contributed by atoms with Gasteiger partial charge in [0.1, 0.15) is 0 Å². The molecule has 0 bridgehead atoms. The highest BCUT2D eigenvalue weighted by molar-refractivity contribution is 7.89. The molecule has 6 rings (SSSR count). The molecule has 2 aliphatic rings. The summed E-state index contributed by atoms with van der Waals surface area (Å²) in [5.41, 5.74) is 4.13. The normalized spacial score (nSPS) is 17.5. The molecule has 1 saturated heterocycles. The molecule has 2 N–H and O–H groups in total. The molecule has 7 heteroatoms. The summed E-state index contributed by atoms with van der Waals surface area (Å²) in [6.07, 6.45) is 5.52. The molecule has 2 aromatic heterocycles. The highest BCUT2D eigenvalue weighted by atomic mass is 32.2. The fraction of sp³-hybridized carbons (Fsp3) is 0.269. The molecule has 2 aromatic carbocycles. The lowest BCUT2D eigenvalue weighted by atomic mass is 10.1. The number of sulfonamides is 1. The van der Waals surface area contributed by atoms with Crippen molar-refractivity contribution >= 4 is 26.6 Å². The van der Waals surface area contributed by atoms with Crippen LogP contribution in [0.4, 0.5) is 5.69 Å². The summed E-state index contributed by atoms with van der Waals surface area (Å²) in [7, 11) is -3.73. The minimum atomic E-state index is -3.73. The molecule has 4 aromatic rings. The van der Waals surface area contributed by atoms with Crippen LogP contribution in [0.2, 0.25) is 0 Å². The SMILES string of the molecule is O=S(=O)(NC1(c2ccccn2)CC1)c1ccc(N2CCCC2)c(-c2cc3ccccc3[nH]2)c1. The molecule has 0 radical (unpaired) electrons. The number of fused-ring (bicyclic) bond motifs is 1. The number of hydrogen-bond acceptors (Lipinski definition) is 4. The van der Waals surface area contributed by atoms with E-state index in [0.29, 0.717) is 0 Å². The van der Waals surface area contributed by atoms with Crippen LogP contribution in [0, 0.1) is 0 Å². The van der Waals surface area contributed by atoms with Crippen LogP contribution in [0.1, 0.15) is 31.4 Å². The maximum Gasteiger partial charge on any atom is 0.241 e. The van der Waals surface area contributed by atoms with E-state index in [9.17, 15) is 8.42 Å². The Morgan fingerprint density at radius 3 is 2.45 bits per heavy atom. The molecule has 1 aliphatic heterocycles. The van der Waals surface area contributed by atoms with Gasteiger partial charge in [0, 0.05) is 47.1 Å². The van der Waals surface area contributed by atoms with E-state index in [-0.39, 0.29) is 4.90 Å². The van der Waals surface area contributed by atoms with Crippen molar-refractivity contribution < 1.29 is 8.42 Å². The van der Waals surface area contributed by atoms with Gasteiger partial charge in [0.25, 0.3) is 0 Å². The third-order valence-electron chi connectivity index (χ3n) is 6.78. The van der Waals surface area contributed by atoms with Crippen LogP contribution >= 0.6 is 0 Å². The van der Waals surface area contributed by atoms with Crippen molar-refractivity contribution in [3.05, 3.63) is 78.6 Å². The number of benzene rings is 2. The predicted molar refractivity (Wildman–Crippen MR) is 131 cm³/mol. The van der Waals surface area contributed by atoms with Gasteiger partial charge in [-0.3, -0.25) is 4.98 Å². The van der Waals surface area contributed by atoms with Crippen molar-refractivity contribution in [1.29, 1.82) is 0 Å². The lowest BCUT2D eigenvalue weighted by Gasteiger charge is -2.23. The zero-order chi connectivity index (χ0) is 22.5. The largest absolute Gasteiger partial charge is 0.371 e. The summed E-state index contributed by atoms with van der Waals surface area (Å²) in [6, 6.07) is 21.4. The Kier molecular flexibility index (Phi) is 4.78. The number of aromatic nitrogens is 2. The Balaban J connectivity index is 1.42. The second-order valence-electron chi connectivity index (χ2n) is 9.05. The van der Waals surface area contributed by atoms with Gasteiger partial charge in [-0.2, -0.15) is 4.72 Å². The van der Waals surface area contributed by atoms with Crippen molar-refractivity contribution in [3.63, 3.8) is 0 Å². The lowest BCUT2D eigenvalue weighted by molar-refractivity contribution is 0.546. The predicted octanol–water partition coefficient (Wildman–Crippen LogP) is 4.80. The smallest absolute Gasteiger partial charge is 0.241 e. The number of rotatable bonds is 6. The quantitative estimate of drug-likeness (QED) is 0.435. The number of hydrogen-bond donors (Lipinski definition) is 2. The van der Waals surface area contributed by atoms with E-state index in [1.165, 1.54) is 0 Å². The first-order valence-electron chi connectivity index (χ1n) is 11.5. The van der Waals surface area contributed by atoms with Crippen molar-refractivity contribution in [3.8, 4) is 11.3 Å². The molecular formula is C26H26N4O2S. The number of aromatic amines is 1. The monoisotopic (exact) mass is 458 g/mol. The molecule has 2 fully saturated rings. The molecule has 33 heavy (non-hydrogen) atoms. The van der Waals surface area contributed by atoms with Gasteiger partial charge in [-0.25, -0.2) is 8.42 Å². The van der Waals surface area contributed by atoms with E-state index in [2.05, 4.69) is 31.7 Å². The van der Waals surface area contributed by atoms with Gasteiger partial charge in [-0.1, -0.05) is 24.3 Å². The minimum absolute atomic E-state index is 0.279.